The van der Waals surface area contributed by atoms with E-state index in [1.165, 1.54) is 0 Å². The number of benzene rings is 3. The van der Waals surface area contributed by atoms with Crippen LogP contribution in [0.1, 0.15) is 57.7 Å². The normalized spacial score (nSPS) is 12.9. The van der Waals surface area contributed by atoms with Gasteiger partial charge in [0.15, 0.2) is 6.61 Å². The fraction of sp³-hybridized carbons (Fsp3) is 0.375. The Balaban J connectivity index is 1.95. The molecule has 3 aromatic rings. The van der Waals surface area contributed by atoms with Crippen LogP contribution in [0.5, 0.6) is 5.75 Å². The van der Waals surface area contributed by atoms with Crippen molar-refractivity contribution in [3.05, 3.63) is 97.9 Å². The molecule has 5 nitrogen and oxygen atoms in total. The van der Waals surface area contributed by atoms with Gasteiger partial charge in [0.25, 0.3) is 5.91 Å². The molecule has 0 unspecified atom stereocenters. The molecule has 0 fully saturated rings. The van der Waals surface area contributed by atoms with Crippen LogP contribution >= 0.6 is 39.1 Å². The number of rotatable bonds is 11. The van der Waals surface area contributed by atoms with Gasteiger partial charge >= 0.3 is 0 Å². The predicted molar refractivity (Wildman–Crippen MR) is 167 cm³/mol. The van der Waals surface area contributed by atoms with E-state index in [9.17, 15) is 9.59 Å². The highest BCUT2D eigenvalue weighted by molar-refractivity contribution is 9.10. The monoisotopic (exact) mass is 646 g/mol. The molecule has 3 aromatic carbocycles. The zero-order valence-corrected chi connectivity index (χ0v) is 26.7. The molecule has 8 heteroatoms. The highest BCUT2D eigenvalue weighted by Crippen LogP contribution is 2.32. The van der Waals surface area contributed by atoms with Crippen LogP contribution in [0.25, 0.3) is 0 Å². The highest BCUT2D eigenvalue weighted by Gasteiger charge is 2.32. The molecule has 0 aliphatic carbocycles. The number of hydrogen-bond acceptors (Lipinski definition) is 3. The van der Waals surface area contributed by atoms with Gasteiger partial charge in [0.1, 0.15) is 11.8 Å². The summed E-state index contributed by atoms with van der Waals surface area (Å²) in [5, 5.41) is 3.98. The van der Waals surface area contributed by atoms with Gasteiger partial charge in [-0.05, 0) is 75.6 Å². The Morgan fingerprint density at radius 1 is 1.02 bits per heavy atom. The maximum atomic E-state index is 13.9. The minimum absolute atomic E-state index is 0.0286. The molecule has 0 spiro atoms. The van der Waals surface area contributed by atoms with Gasteiger partial charge in [0.05, 0.1) is 4.47 Å². The van der Waals surface area contributed by atoms with Gasteiger partial charge < -0.3 is 15.0 Å². The first-order chi connectivity index (χ1) is 18.9. The first kappa shape index (κ1) is 32.0. The highest BCUT2D eigenvalue weighted by atomic mass is 79.9. The van der Waals surface area contributed by atoms with Crippen molar-refractivity contribution in [3.8, 4) is 5.75 Å². The Bertz CT molecular complexity index is 1310. The SMILES string of the molecule is CC[C@H](C)NC(=O)[C@@H](Cc1ccccc1)N(Cc1ccc(Cl)cc1Cl)C(=O)COc1ccc(C(C)(C)C)cc1Br. The summed E-state index contributed by atoms with van der Waals surface area (Å²) in [5.74, 6) is -0.0140. The molecule has 2 amide bonds. The Morgan fingerprint density at radius 2 is 1.73 bits per heavy atom. The predicted octanol–water partition coefficient (Wildman–Crippen LogP) is 7.99. The van der Waals surface area contributed by atoms with E-state index in [1.807, 2.05) is 62.4 Å². The number of halogens is 3. The van der Waals surface area contributed by atoms with Gasteiger partial charge in [0.2, 0.25) is 5.91 Å². The molecule has 214 valence electrons. The maximum absolute atomic E-state index is 13.9. The standard InChI is InChI=1S/C32H37BrCl2N2O3/c1-6-21(2)36-31(39)28(16-22-10-8-7-9-11-22)37(19-23-12-14-25(34)18-27(23)35)30(38)20-40-29-15-13-24(17-26(29)33)32(3,4)5/h7-15,17-18,21,28H,6,16,19-20H2,1-5H3,(H,36,39)/t21-,28+/m0/s1. The first-order valence-corrected chi connectivity index (χ1v) is 14.9. The average molecular weight is 648 g/mol. The second-order valence-electron chi connectivity index (χ2n) is 11.0. The molecule has 0 saturated carbocycles. The summed E-state index contributed by atoms with van der Waals surface area (Å²) in [6.45, 7) is 10.2. The van der Waals surface area contributed by atoms with Crippen molar-refractivity contribution in [2.45, 2.75) is 71.5 Å². The summed E-state index contributed by atoms with van der Waals surface area (Å²) in [6, 6.07) is 19.8. The van der Waals surface area contributed by atoms with E-state index in [1.54, 1.807) is 23.1 Å². The van der Waals surface area contributed by atoms with Crippen LogP contribution < -0.4 is 10.1 Å². The average Bonchev–Trinajstić information content (AvgIpc) is 2.90. The molecule has 0 aliphatic rings. The molecule has 0 bridgehead atoms. The fourth-order valence-electron chi connectivity index (χ4n) is 4.14. The molecule has 2 atom stereocenters. The van der Waals surface area contributed by atoms with Crippen molar-refractivity contribution in [3.63, 3.8) is 0 Å². The van der Waals surface area contributed by atoms with Gasteiger partial charge in [-0.25, -0.2) is 0 Å². The van der Waals surface area contributed by atoms with Crippen LogP contribution in [-0.2, 0) is 28.0 Å². The van der Waals surface area contributed by atoms with E-state index in [0.717, 1.165) is 22.0 Å². The molecule has 0 saturated heterocycles. The van der Waals surface area contributed by atoms with E-state index in [2.05, 4.69) is 42.0 Å². The number of amides is 2. The lowest BCUT2D eigenvalue weighted by atomic mass is 9.87. The number of nitrogens with zero attached hydrogens (tertiary/aromatic N) is 1. The summed E-state index contributed by atoms with van der Waals surface area (Å²) >= 11 is 16.2. The van der Waals surface area contributed by atoms with E-state index in [4.69, 9.17) is 27.9 Å². The number of carbonyl (C=O) groups excluding carboxylic acids is 2. The zero-order valence-electron chi connectivity index (χ0n) is 23.6. The van der Waals surface area contributed by atoms with Crippen molar-refractivity contribution in [1.29, 1.82) is 0 Å². The topological polar surface area (TPSA) is 58.6 Å². The largest absolute Gasteiger partial charge is 0.483 e. The number of carbonyl (C=O) groups is 2. The summed E-state index contributed by atoms with van der Waals surface area (Å²) in [5.41, 5.74) is 2.73. The van der Waals surface area contributed by atoms with Crippen LogP contribution in [0.3, 0.4) is 0 Å². The van der Waals surface area contributed by atoms with Crippen molar-refractivity contribution < 1.29 is 14.3 Å². The smallest absolute Gasteiger partial charge is 0.261 e. The van der Waals surface area contributed by atoms with Crippen LogP contribution in [0.2, 0.25) is 10.0 Å². The lowest BCUT2D eigenvalue weighted by Crippen LogP contribution is -2.53. The molecule has 0 heterocycles. The van der Waals surface area contributed by atoms with Crippen LogP contribution in [0, 0.1) is 0 Å². The van der Waals surface area contributed by atoms with Gasteiger partial charge in [-0.1, -0.05) is 93.4 Å². The van der Waals surface area contributed by atoms with Gasteiger partial charge in [-0.15, -0.1) is 0 Å². The molecular weight excluding hydrogens is 611 g/mol. The van der Waals surface area contributed by atoms with Gasteiger partial charge in [0, 0.05) is 29.1 Å². The quantitative estimate of drug-likeness (QED) is 0.230. The molecule has 1 N–H and O–H groups in total. The maximum Gasteiger partial charge on any atom is 0.261 e. The third-order valence-corrected chi connectivity index (χ3v) is 7.98. The third kappa shape index (κ3) is 8.98. The van der Waals surface area contributed by atoms with Gasteiger partial charge in [-0.3, -0.25) is 9.59 Å². The van der Waals surface area contributed by atoms with Crippen molar-refractivity contribution in [2.75, 3.05) is 6.61 Å². The molecule has 0 aliphatic heterocycles. The summed E-state index contributed by atoms with van der Waals surface area (Å²) in [4.78, 5) is 29.1. The van der Waals surface area contributed by atoms with E-state index in [-0.39, 0.29) is 36.4 Å². The van der Waals surface area contributed by atoms with Crippen LogP contribution in [-0.4, -0.2) is 35.4 Å². The van der Waals surface area contributed by atoms with E-state index < -0.39 is 6.04 Å². The lowest BCUT2D eigenvalue weighted by Gasteiger charge is -2.32. The number of nitrogens with one attached hydrogen (secondary N) is 1. The summed E-state index contributed by atoms with van der Waals surface area (Å²) in [6.07, 6.45) is 1.10. The number of ether oxygens (including phenoxy) is 1. The molecule has 3 rings (SSSR count). The van der Waals surface area contributed by atoms with E-state index in [0.29, 0.717) is 27.8 Å². The van der Waals surface area contributed by atoms with Gasteiger partial charge in [-0.2, -0.15) is 0 Å². The van der Waals surface area contributed by atoms with Crippen molar-refractivity contribution in [2.24, 2.45) is 0 Å². The second kappa shape index (κ2) is 14.4. The summed E-state index contributed by atoms with van der Waals surface area (Å²) in [7, 11) is 0. The minimum Gasteiger partial charge on any atom is -0.483 e. The molecule has 0 radical (unpaired) electrons. The Morgan fingerprint density at radius 3 is 2.33 bits per heavy atom. The lowest BCUT2D eigenvalue weighted by molar-refractivity contribution is -0.143. The Labute approximate surface area is 256 Å². The van der Waals surface area contributed by atoms with Crippen molar-refractivity contribution in [1.82, 2.24) is 10.2 Å². The molecular formula is C32H37BrCl2N2O3. The zero-order chi connectivity index (χ0) is 29.4. The van der Waals surface area contributed by atoms with E-state index >= 15 is 0 Å². The van der Waals surface area contributed by atoms with Crippen molar-refractivity contribution >= 4 is 50.9 Å². The fourth-order valence-corrected chi connectivity index (χ4v) is 5.10. The number of hydrogen-bond donors (Lipinski definition) is 1. The van der Waals surface area contributed by atoms with Crippen LogP contribution in [0.15, 0.2) is 71.2 Å². The summed E-state index contributed by atoms with van der Waals surface area (Å²) < 4.78 is 6.75. The van der Waals surface area contributed by atoms with Crippen LogP contribution in [0.4, 0.5) is 0 Å². The Hall–Kier alpha value is -2.54. The Kier molecular flexibility index (Phi) is 11.5. The third-order valence-electron chi connectivity index (χ3n) is 6.78. The molecule has 40 heavy (non-hydrogen) atoms. The minimum atomic E-state index is -0.786. The second-order valence-corrected chi connectivity index (χ2v) is 12.7. The molecule has 0 aromatic heterocycles. The first-order valence-electron chi connectivity index (χ1n) is 13.4.